The molecule has 0 spiro atoms. The highest BCUT2D eigenvalue weighted by atomic mass is 15.3. The summed E-state index contributed by atoms with van der Waals surface area (Å²) in [5.74, 6) is 0. The maximum atomic E-state index is 4.34. The van der Waals surface area contributed by atoms with E-state index < -0.39 is 0 Å². The van der Waals surface area contributed by atoms with Crippen molar-refractivity contribution in [1.82, 2.24) is 19.4 Å². The summed E-state index contributed by atoms with van der Waals surface area (Å²) < 4.78 is 3.58. The Kier molecular flexibility index (Phi) is 2.38. The molecular formula is C10H14BN4. The molecule has 77 valence electrons. The Morgan fingerprint density at radius 3 is 1.53 bits per heavy atom. The Hall–Kier alpha value is -1.52. The summed E-state index contributed by atoms with van der Waals surface area (Å²) in [4.78, 5) is 0. The van der Waals surface area contributed by atoms with Gasteiger partial charge in [-0.2, -0.15) is 10.2 Å². The van der Waals surface area contributed by atoms with Crippen molar-refractivity contribution in [2.24, 2.45) is 0 Å². The number of nitrogens with zero attached hydrogens (tertiary/aromatic N) is 4. The van der Waals surface area contributed by atoms with Crippen molar-refractivity contribution < 1.29 is 0 Å². The number of hydrogen-bond donors (Lipinski definition) is 0. The molecule has 0 aliphatic rings. The first-order valence-electron chi connectivity index (χ1n) is 4.96. The van der Waals surface area contributed by atoms with Crippen LogP contribution in [0.4, 0.5) is 0 Å². The SMILES string of the molecule is Cc1cn([B]n2cc(C)c(C)n2)nc1C. The normalized spacial score (nSPS) is 10.7. The third-order valence-corrected chi connectivity index (χ3v) is 2.56. The van der Waals surface area contributed by atoms with Crippen LogP contribution in [0.1, 0.15) is 22.5 Å². The molecule has 2 aromatic heterocycles. The minimum Gasteiger partial charge on any atom is -0.292 e. The van der Waals surface area contributed by atoms with Gasteiger partial charge in [-0.15, -0.1) is 0 Å². The fourth-order valence-corrected chi connectivity index (χ4v) is 1.39. The smallest absolute Gasteiger partial charge is 0.292 e. The van der Waals surface area contributed by atoms with Gasteiger partial charge in [-0.25, -0.2) is 0 Å². The third kappa shape index (κ3) is 1.96. The molecule has 0 bridgehead atoms. The molecule has 4 nitrogen and oxygen atoms in total. The first kappa shape index (κ1) is 10.0. The molecule has 0 saturated heterocycles. The van der Waals surface area contributed by atoms with Gasteiger partial charge in [0.1, 0.15) is 0 Å². The van der Waals surface area contributed by atoms with Crippen molar-refractivity contribution in [3.05, 3.63) is 34.9 Å². The van der Waals surface area contributed by atoms with Crippen molar-refractivity contribution in [3.8, 4) is 0 Å². The van der Waals surface area contributed by atoms with Crippen LogP contribution in [0, 0.1) is 27.7 Å². The number of aromatic nitrogens is 4. The summed E-state index contributed by atoms with van der Waals surface area (Å²) in [6.45, 7) is 8.09. The zero-order valence-electron chi connectivity index (χ0n) is 9.52. The van der Waals surface area contributed by atoms with Crippen molar-refractivity contribution in [3.63, 3.8) is 0 Å². The van der Waals surface area contributed by atoms with Gasteiger partial charge in [-0.3, -0.25) is 9.19 Å². The Labute approximate surface area is 90.2 Å². The van der Waals surface area contributed by atoms with Crippen LogP contribution in [0.2, 0.25) is 0 Å². The third-order valence-electron chi connectivity index (χ3n) is 2.56. The van der Waals surface area contributed by atoms with Gasteiger partial charge in [0.05, 0.1) is 11.4 Å². The fourth-order valence-electron chi connectivity index (χ4n) is 1.39. The van der Waals surface area contributed by atoms with E-state index in [9.17, 15) is 0 Å². The van der Waals surface area contributed by atoms with Gasteiger partial charge < -0.3 is 0 Å². The average molecular weight is 201 g/mol. The minimum absolute atomic E-state index is 1.05. The zero-order chi connectivity index (χ0) is 11.0. The second-order valence-corrected chi connectivity index (χ2v) is 3.87. The van der Waals surface area contributed by atoms with E-state index in [1.807, 2.05) is 47.6 Å². The minimum atomic E-state index is 1.05. The molecule has 1 radical (unpaired) electrons. The van der Waals surface area contributed by atoms with Crippen molar-refractivity contribution >= 4 is 7.55 Å². The highest BCUT2D eigenvalue weighted by molar-refractivity contribution is 6.30. The van der Waals surface area contributed by atoms with E-state index in [0.29, 0.717) is 0 Å². The molecule has 0 aromatic carbocycles. The molecular weight excluding hydrogens is 187 g/mol. The summed E-state index contributed by atoms with van der Waals surface area (Å²) in [5.41, 5.74) is 4.47. The van der Waals surface area contributed by atoms with Gasteiger partial charge >= 0.3 is 7.55 Å². The second-order valence-electron chi connectivity index (χ2n) is 3.87. The van der Waals surface area contributed by atoms with Crippen LogP contribution >= 0.6 is 0 Å². The molecule has 0 aliphatic heterocycles. The quantitative estimate of drug-likeness (QED) is 0.685. The largest absolute Gasteiger partial charge is 0.437 e. The van der Waals surface area contributed by atoms with Gasteiger partial charge in [0.15, 0.2) is 0 Å². The number of aryl methyl sites for hydroxylation is 4. The predicted molar refractivity (Wildman–Crippen MR) is 60.0 cm³/mol. The summed E-state index contributed by atoms with van der Waals surface area (Å²) in [6.07, 6.45) is 3.98. The molecule has 0 atom stereocenters. The summed E-state index contributed by atoms with van der Waals surface area (Å²) in [6, 6.07) is 0. The Morgan fingerprint density at radius 1 is 0.867 bits per heavy atom. The second kappa shape index (κ2) is 3.57. The van der Waals surface area contributed by atoms with Crippen molar-refractivity contribution in [1.29, 1.82) is 0 Å². The highest BCUT2D eigenvalue weighted by Gasteiger charge is 2.06. The van der Waals surface area contributed by atoms with Gasteiger partial charge in [0.2, 0.25) is 0 Å². The molecule has 0 saturated carbocycles. The van der Waals surface area contributed by atoms with Crippen LogP contribution < -0.4 is 0 Å². The van der Waals surface area contributed by atoms with Crippen LogP contribution in [0.3, 0.4) is 0 Å². The Balaban J connectivity index is 2.21. The Bertz CT molecular complexity index is 400. The monoisotopic (exact) mass is 201 g/mol. The topological polar surface area (TPSA) is 35.6 Å². The van der Waals surface area contributed by atoms with E-state index in [1.165, 1.54) is 11.1 Å². The van der Waals surface area contributed by atoms with Crippen LogP contribution in [0.15, 0.2) is 12.4 Å². The number of rotatable bonds is 2. The summed E-state index contributed by atoms with van der Waals surface area (Å²) in [7, 11) is 1.86. The first-order chi connectivity index (χ1) is 7.06. The molecule has 2 aromatic rings. The summed E-state index contributed by atoms with van der Waals surface area (Å²) >= 11 is 0. The molecule has 0 aliphatic carbocycles. The van der Waals surface area contributed by atoms with Crippen LogP contribution in [0.5, 0.6) is 0 Å². The van der Waals surface area contributed by atoms with Crippen LogP contribution in [0.25, 0.3) is 0 Å². The van der Waals surface area contributed by atoms with Crippen molar-refractivity contribution in [2.75, 3.05) is 0 Å². The average Bonchev–Trinajstić information content (AvgIpc) is 2.59. The van der Waals surface area contributed by atoms with E-state index >= 15 is 0 Å². The Morgan fingerprint density at radius 2 is 1.27 bits per heavy atom. The van der Waals surface area contributed by atoms with E-state index in [4.69, 9.17) is 0 Å². The predicted octanol–water partition coefficient (Wildman–Crippen LogP) is 1.24. The van der Waals surface area contributed by atoms with Gasteiger partial charge in [0, 0.05) is 12.4 Å². The van der Waals surface area contributed by atoms with E-state index in [0.717, 1.165) is 11.4 Å². The van der Waals surface area contributed by atoms with Gasteiger partial charge in [-0.05, 0) is 38.8 Å². The van der Waals surface area contributed by atoms with Gasteiger partial charge in [-0.1, -0.05) is 0 Å². The maximum Gasteiger partial charge on any atom is 0.437 e. The molecule has 5 heteroatoms. The first-order valence-corrected chi connectivity index (χ1v) is 4.96. The summed E-state index contributed by atoms with van der Waals surface area (Å²) in [5, 5.41) is 8.69. The molecule has 0 amide bonds. The van der Waals surface area contributed by atoms with E-state index in [1.54, 1.807) is 9.19 Å². The van der Waals surface area contributed by atoms with Crippen molar-refractivity contribution in [2.45, 2.75) is 27.7 Å². The molecule has 0 N–H and O–H groups in total. The highest BCUT2D eigenvalue weighted by Crippen LogP contribution is 2.04. The molecule has 0 fully saturated rings. The lowest BCUT2D eigenvalue weighted by Crippen LogP contribution is -2.18. The lowest BCUT2D eigenvalue weighted by atomic mass is 10.2. The van der Waals surface area contributed by atoms with Crippen LogP contribution in [-0.4, -0.2) is 26.9 Å². The number of hydrogen-bond acceptors (Lipinski definition) is 2. The van der Waals surface area contributed by atoms with E-state index in [-0.39, 0.29) is 0 Å². The molecule has 15 heavy (non-hydrogen) atoms. The van der Waals surface area contributed by atoms with Crippen LogP contribution in [-0.2, 0) is 0 Å². The standard InChI is InChI=1S/C10H14BN4/c1-7-5-14(12-9(7)3)11-15-6-8(2)10(4)13-15/h5-6H,1-4H3. The maximum absolute atomic E-state index is 4.34. The molecule has 0 unspecified atom stereocenters. The zero-order valence-corrected chi connectivity index (χ0v) is 9.52. The molecule has 2 rings (SSSR count). The molecule has 2 heterocycles. The van der Waals surface area contributed by atoms with E-state index in [2.05, 4.69) is 10.2 Å². The lowest BCUT2D eigenvalue weighted by molar-refractivity contribution is 0.865. The fraction of sp³-hybridized carbons (Fsp3) is 0.400. The lowest BCUT2D eigenvalue weighted by Gasteiger charge is -1.97. The van der Waals surface area contributed by atoms with Gasteiger partial charge in [0.25, 0.3) is 0 Å².